The molecule has 1 amide bonds. The quantitative estimate of drug-likeness (QED) is 0.437. The molecule has 4 N–H and O–H groups in total. The van der Waals surface area contributed by atoms with Crippen LogP contribution in [0.1, 0.15) is 13.3 Å². The highest BCUT2D eigenvalue weighted by Crippen LogP contribution is 2.38. The van der Waals surface area contributed by atoms with E-state index in [4.69, 9.17) is 9.53 Å². The lowest BCUT2D eigenvalue weighted by atomic mass is 10.2. The van der Waals surface area contributed by atoms with Gasteiger partial charge in [0.2, 0.25) is 6.41 Å². The van der Waals surface area contributed by atoms with E-state index in [1.807, 2.05) is 6.92 Å². The Bertz CT molecular complexity index is 479. The summed E-state index contributed by atoms with van der Waals surface area (Å²) in [5, 5.41) is 17.1. The van der Waals surface area contributed by atoms with Crippen molar-refractivity contribution in [2.75, 3.05) is 30.3 Å². The fraction of sp³-hybridized carbons (Fsp3) is 0.417. The predicted octanol–water partition coefficient (Wildman–Crippen LogP) is 1.32. The van der Waals surface area contributed by atoms with Crippen molar-refractivity contribution in [2.45, 2.75) is 13.3 Å². The summed E-state index contributed by atoms with van der Waals surface area (Å²) >= 11 is 0. The number of primary amides is 1. The molecule has 8 nitrogen and oxygen atoms in total. The molecule has 0 saturated heterocycles. The lowest BCUT2D eigenvalue weighted by molar-refractivity contribution is -0.383. The zero-order chi connectivity index (χ0) is 15.0. The van der Waals surface area contributed by atoms with Gasteiger partial charge in [-0.3, -0.25) is 14.9 Å². The number of fused-ring (bicyclic) bond motifs is 1. The molecule has 0 radical (unpaired) electrons. The molecule has 110 valence electrons. The van der Waals surface area contributed by atoms with Gasteiger partial charge in [-0.05, 0) is 13.3 Å². The molecule has 0 unspecified atom stereocenters. The maximum Gasteiger partial charge on any atom is 0.298 e. The summed E-state index contributed by atoms with van der Waals surface area (Å²) in [5.41, 5.74) is 5.41. The third-order valence-electron chi connectivity index (χ3n) is 2.54. The standard InChI is InChI=1S/C11H15N3O3.CH3NO/c1-2-12-8-6-9(14(15)16)11-10(7-8)17-5-3-4-13-11;2-1-3/h6-7,12-13H,2-5H2,1H3;1H,(H2,2,3). The first-order valence-electron chi connectivity index (χ1n) is 6.22. The van der Waals surface area contributed by atoms with Gasteiger partial charge in [0, 0.05) is 30.9 Å². The Kier molecular flexibility index (Phi) is 6.08. The topological polar surface area (TPSA) is 120 Å². The van der Waals surface area contributed by atoms with Gasteiger partial charge in [0.25, 0.3) is 5.69 Å². The van der Waals surface area contributed by atoms with Gasteiger partial charge in [0.05, 0.1) is 11.5 Å². The number of hydrogen-bond donors (Lipinski definition) is 3. The number of amides is 1. The van der Waals surface area contributed by atoms with Crippen LogP contribution >= 0.6 is 0 Å². The van der Waals surface area contributed by atoms with E-state index in [2.05, 4.69) is 16.4 Å². The van der Waals surface area contributed by atoms with Gasteiger partial charge in [0.15, 0.2) is 11.4 Å². The Morgan fingerprint density at radius 2 is 2.30 bits per heavy atom. The van der Waals surface area contributed by atoms with E-state index in [-0.39, 0.29) is 17.0 Å². The number of rotatable bonds is 3. The molecule has 1 aromatic carbocycles. The number of carbonyl (C=O) groups excluding carboxylic acids is 1. The van der Waals surface area contributed by atoms with Gasteiger partial charge in [0.1, 0.15) is 0 Å². The minimum atomic E-state index is -0.388. The maximum absolute atomic E-state index is 11.0. The Morgan fingerprint density at radius 1 is 1.60 bits per heavy atom. The molecule has 1 aromatic rings. The molecule has 1 heterocycles. The lowest BCUT2D eigenvalue weighted by Crippen LogP contribution is -2.04. The fourth-order valence-electron chi connectivity index (χ4n) is 1.81. The minimum Gasteiger partial charge on any atom is -0.491 e. The van der Waals surface area contributed by atoms with Crippen LogP contribution in [0.15, 0.2) is 12.1 Å². The molecule has 0 spiro atoms. The first-order valence-corrected chi connectivity index (χ1v) is 6.22. The van der Waals surface area contributed by atoms with Crippen LogP contribution in [0, 0.1) is 10.1 Å². The van der Waals surface area contributed by atoms with Crippen molar-refractivity contribution in [3.8, 4) is 5.75 Å². The number of hydrogen-bond acceptors (Lipinski definition) is 6. The van der Waals surface area contributed by atoms with E-state index in [0.29, 0.717) is 36.8 Å². The molecule has 0 atom stereocenters. The first kappa shape index (κ1) is 15.5. The third-order valence-corrected chi connectivity index (χ3v) is 2.54. The smallest absolute Gasteiger partial charge is 0.298 e. The van der Waals surface area contributed by atoms with Crippen molar-refractivity contribution in [3.05, 3.63) is 22.2 Å². The number of nitrogens with one attached hydrogen (secondary N) is 2. The molecular formula is C12H18N4O4. The van der Waals surface area contributed by atoms with Crippen LogP contribution in [0.25, 0.3) is 0 Å². The van der Waals surface area contributed by atoms with Gasteiger partial charge in [-0.25, -0.2) is 0 Å². The summed E-state index contributed by atoms with van der Waals surface area (Å²) in [5.74, 6) is 0.549. The molecule has 1 aliphatic heterocycles. The average molecular weight is 282 g/mol. The molecule has 0 aromatic heterocycles. The summed E-state index contributed by atoms with van der Waals surface area (Å²) in [6, 6.07) is 3.33. The summed E-state index contributed by atoms with van der Waals surface area (Å²) in [6.45, 7) is 3.92. The molecule has 0 bridgehead atoms. The zero-order valence-corrected chi connectivity index (χ0v) is 11.2. The van der Waals surface area contributed by atoms with Crippen LogP contribution < -0.4 is 21.1 Å². The van der Waals surface area contributed by atoms with Gasteiger partial charge in [-0.2, -0.15) is 0 Å². The Morgan fingerprint density at radius 3 is 2.90 bits per heavy atom. The monoisotopic (exact) mass is 282 g/mol. The largest absolute Gasteiger partial charge is 0.491 e. The van der Waals surface area contributed by atoms with Crippen LogP contribution in [-0.4, -0.2) is 31.0 Å². The molecule has 0 aliphatic carbocycles. The van der Waals surface area contributed by atoms with Crippen LogP contribution in [0.3, 0.4) is 0 Å². The van der Waals surface area contributed by atoms with Crippen molar-refractivity contribution < 1.29 is 14.5 Å². The number of nitro benzene ring substituents is 1. The number of nitrogens with zero attached hydrogens (tertiary/aromatic N) is 1. The van der Waals surface area contributed by atoms with Gasteiger partial charge < -0.3 is 21.1 Å². The highest BCUT2D eigenvalue weighted by molar-refractivity contribution is 5.76. The minimum absolute atomic E-state index is 0.0559. The predicted molar refractivity (Wildman–Crippen MR) is 76.1 cm³/mol. The average Bonchev–Trinajstić information content (AvgIpc) is 2.64. The summed E-state index contributed by atoms with van der Waals surface area (Å²) in [6.07, 6.45) is 1.09. The molecule has 0 fully saturated rings. The Balaban J connectivity index is 0.000000612. The molecule has 8 heteroatoms. The molecular weight excluding hydrogens is 264 g/mol. The summed E-state index contributed by atoms with van der Waals surface area (Å²) in [7, 11) is 0. The molecule has 0 saturated carbocycles. The highest BCUT2D eigenvalue weighted by Gasteiger charge is 2.22. The lowest BCUT2D eigenvalue weighted by Gasteiger charge is -2.11. The van der Waals surface area contributed by atoms with Crippen molar-refractivity contribution in [2.24, 2.45) is 5.73 Å². The van der Waals surface area contributed by atoms with E-state index >= 15 is 0 Å². The van der Waals surface area contributed by atoms with E-state index in [1.54, 1.807) is 6.07 Å². The Hall–Kier alpha value is -2.51. The summed E-state index contributed by atoms with van der Waals surface area (Å²) < 4.78 is 5.52. The van der Waals surface area contributed by atoms with Crippen LogP contribution in [0.5, 0.6) is 5.75 Å². The summed E-state index contributed by atoms with van der Waals surface area (Å²) in [4.78, 5) is 19.2. The van der Waals surface area contributed by atoms with E-state index < -0.39 is 0 Å². The first-order chi connectivity index (χ1) is 9.63. The maximum atomic E-state index is 11.0. The Labute approximate surface area is 116 Å². The van der Waals surface area contributed by atoms with Crippen molar-refractivity contribution in [1.82, 2.24) is 0 Å². The normalized spacial score (nSPS) is 12.4. The van der Waals surface area contributed by atoms with E-state index in [1.165, 1.54) is 6.07 Å². The van der Waals surface area contributed by atoms with Crippen LogP contribution in [0.2, 0.25) is 0 Å². The van der Waals surface area contributed by atoms with Crippen LogP contribution in [0.4, 0.5) is 17.1 Å². The SMILES string of the molecule is CCNc1cc2c(c([N+](=O)[O-])c1)NCCCO2.NC=O. The number of nitro groups is 1. The number of benzene rings is 1. The second-order valence-corrected chi connectivity index (χ2v) is 3.92. The fourth-order valence-corrected chi connectivity index (χ4v) is 1.81. The molecule has 2 rings (SSSR count). The van der Waals surface area contributed by atoms with Gasteiger partial charge in [-0.1, -0.05) is 0 Å². The van der Waals surface area contributed by atoms with E-state index in [9.17, 15) is 10.1 Å². The number of nitrogens with two attached hydrogens (primary N) is 1. The number of carbonyl (C=O) groups is 1. The van der Waals surface area contributed by atoms with Crippen molar-refractivity contribution >= 4 is 23.5 Å². The zero-order valence-electron chi connectivity index (χ0n) is 11.2. The van der Waals surface area contributed by atoms with Crippen molar-refractivity contribution in [1.29, 1.82) is 0 Å². The second kappa shape index (κ2) is 7.82. The highest BCUT2D eigenvalue weighted by atomic mass is 16.6. The van der Waals surface area contributed by atoms with Crippen molar-refractivity contribution in [3.63, 3.8) is 0 Å². The second-order valence-electron chi connectivity index (χ2n) is 3.92. The number of anilines is 2. The van der Waals surface area contributed by atoms with Gasteiger partial charge >= 0.3 is 0 Å². The van der Waals surface area contributed by atoms with Crippen LogP contribution in [-0.2, 0) is 4.79 Å². The molecule has 20 heavy (non-hydrogen) atoms. The molecule has 1 aliphatic rings. The van der Waals surface area contributed by atoms with Gasteiger partial charge in [-0.15, -0.1) is 0 Å². The third kappa shape index (κ3) is 4.01. The van der Waals surface area contributed by atoms with E-state index in [0.717, 1.165) is 6.42 Å². The number of ether oxygens (including phenoxy) is 1.